The van der Waals surface area contributed by atoms with Crippen molar-refractivity contribution in [3.63, 3.8) is 0 Å². The van der Waals surface area contributed by atoms with Gasteiger partial charge in [0.25, 0.3) is 5.91 Å². The van der Waals surface area contributed by atoms with Crippen molar-refractivity contribution >= 4 is 28.0 Å². The van der Waals surface area contributed by atoms with Gasteiger partial charge in [-0.15, -0.1) is 0 Å². The van der Waals surface area contributed by atoms with Crippen LogP contribution in [0, 0.1) is 0 Å². The molecular weight excluding hydrogens is 456 g/mol. The number of benzene rings is 2. The van der Waals surface area contributed by atoms with Crippen molar-refractivity contribution in [2.75, 3.05) is 0 Å². The molecule has 2 aromatic carbocycles. The second-order valence-electron chi connectivity index (χ2n) is 7.34. The molecule has 1 unspecified atom stereocenters. The molecule has 2 N–H and O–H groups in total. The van der Waals surface area contributed by atoms with Crippen LogP contribution in [0.25, 0.3) is 6.08 Å². The normalized spacial score (nSPS) is 12.4. The van der Waals surface area contributed by atoms with Gasteiger partial charge in [-0.3, -0.25) is 4.79 Å². The standard InChI is InChI=1S/C25H26N2O6S/c1-2-23(25(29)26-17-20-7-4-3-5-8-20)33-24(28)15-12-19-10-13-22(14-11-19)34(30,31)27-18-21-9-6-16-32-21/h3-16,23,27H,2,17-18H2,1H3,(H,26,29)/b15-12+. The van der Waals surface area contributed by atoms with E-state index in [4.69, 9.17) is 9.15 Å². The molecule has 1 atom stereocenters. The summed E-state index contributed by atoms with van der Waals surface area (Å²) < 4.78 is 37.6. The average Bonchev–Trinajstić information content (AvgIpc) is 3.38. The quantitative estimate of drug-likeness (QED) is 0.320. The molecule has 0 aliphatic rings. The van der Waals surface area contributed by atoms with E-state index in [1.807, 2.05) is 30.3 Å². The molecule has 178 valence electrons. The summed E-state index contributed by atoms with van der Waals surface area (Å²) in [4.78, 5) is 24.6. The van der Waals surface area contributed by atoms with Crippen LogP contribution in [0.1, 0.15) is 30.2 Å². The Kier molecular flexibility index (Phi) is 8.78. The number of ether oxygens (including phenoxy) is 1. The van der Waals surface area contributed by atoms with E-state index >= 15 is 0 Å². The second-order valence-corrected chi connectivity index (χ2v) is 9.11. The first kappa shape index (κ1) is 24.9. The van der Waals surface area contributed by atoms with Crippen molar-refractivity contribution in [3.05, 3.63) is 96.0 Å². The first-order valence-corrected chi connectivity index (χ1v) is 12.2. The summed E-state index contributed by atoms with van der Waals surface area (Å²) in [5.74, 6) is -0.538. The summed E-state index contributed by atoms with van der Waals surface area (Å²) in [6.45, 7) is 2.14. The van der Waals surface area contributed by atoms with E-state index in [1.54, 1.807) is 31.2 Å². The van der Waals surface area contributed by atoms with Crippen molar-refractivity contribution < 1.29 is 27.2 Å². The lowest BCUT2D eigenvalue weighted by molar-refractivity contribution is -0.151. The molecule has 8 nitrogen and oxygen atoms in total. The monoisotopic (exact) mass is 482 g/mol. The van der Waals surface area contributed by atoms with E-state index in [-0.39, 0.29) is 17.3 Å². The maximum absolute atomic E-state index is 12.4. The molecule has 0 saturated carbocycles. The van der Waals surface area contributed by atoms with E-state index in [9.17, 15) is 18.0 Å². The van der Waals surface area contributed by atoms with Crippen molar-refractivity contribution in [1.82, 2.24) is 10.0 Å². The van der Waals surface area contributed by atoms with Crippen LogP contribution in [0.3, 0.4) is 0 Å². The number of amides is 1. The van der Waals surface area contributed by atoms with Gasteiger partial charge in [-0.1, -0.05) is 49.4 Å². The molecule has 34 heavy (non-hydrogen) atoms. The summed E-state index contributed by atoms with van der Waals surface area (Å²) >= 11 is 0. The molecule has 0 bridgehead atoms. The highest BCUT2D eigenvalue weighted by atomic mass is 32.2. The Morgan fingerprint density at radius 2 is 1.74 bits per heavy atom. The average molecular weight is 483 g/mol. The van der Waals surface area contributed by atoms with Crippen molar-refractivity contribution in [1.29, 1.82) is 0 Å². The van der Waals surface area contributed by atoms with Crippen molar-refractivity contribution in [2.45, 2.75) is 37.4 Å². The molecule has 9 heteroatoms. The third kappa shape index (κ3) is 7.43. The minimum atomic E-state index is -3.71. The van der Waals surface area contributed by atoms with Gasteiger partial charge in [0.1, 0.15) is 5.76 Å². The Morgan fingerprint density at radius 3 is 2.38 bits per heavy atom. The molecule has 0 aliphatic carbocycles. The number of carbonyl (C=O) groups is 2. The minimum absolute atomic E-state index is 0.0420. The van der Waals surface area contributed by atoms with E-state index in [1.165, 1.54) is 30.5 Å². The largest absolute Gasteiger partial charge is 0.468 e. The number of hydrogen-bond donors (Lipinski definition) is 2. The Bertz CT molecular complexity index is 1200. The topological polar surface area (TPSA) is 115 Å². The summed E-state index contributed by atoms with van der Waals surface area (Å²) in [5.41, 5.74) is 1.54. The molecule has 0 radical (unpaired) electrons. The zero-order valence-electron chi connectivity index (χ0n) is 18.6. The van der Waals surface area contributed by atoms with Crippen LogP contribution in [-0.4, -0.2) is 26.4 Å². The highest BCUT2D eigenvalue weighted by Crippen LogP contribution is 2.13. The maximum Gasteiger partial charge on any atom is 0.331 e. The van der Waals surface area contributed by atoms with Gasteiger partial charge in [-0.05, 0) is 47.9 Å². The molecule has 3 aromatic rings. The summed E-state index contributed by atoms with van der Waals surface area (Å²) in [6, 6.07) is 18.8. The summed E-state index contributed by atoms with van der Waals surface area (Å²) in [5, 5.41) is 2.76. The number of furan rings is 1. The predicted molar refractivity (Wildman–Crippen MR) is 127 cm³/mol. The molecule has 0 aliphatic heterocycles. The number of hydrogen-bond acceptors (Lipinski definition) is 6. The third-order valence-corrected chi connectivity index (χ3v) is 6.27. The molecule has 0 saturated heterocycles. The predicted octanol–water partition coefficient (Wildman–Crippen LogP) is 3.41. The van der Waals surface area contributed by atoms with Gasteiger partial charge in [0.05, 0.1) is 17.7 Å². The molecule has 3 rings (SSSR count). The maximum atomic E-state index is 12.4. The Labute approximate surface area is 198 Å². The lowest BCUT2D eigenvalue weighted by Crippen LogP contribution is -2.36. The highest BCUT2D eigenvalue weighted by molar-refractivity contribution is 7.89. The van der Waals surface area contributed by atoms with Gasteiger partial charge in [0.2, 0.25) is 10.0 Å². The highest BCUT2D eigenvalue weighted by Gasteiger charge is 2.19. The van der Waals surface area contributed by atoms with Crippen LogP contribution in [-0.2, 0) is 37.4 Å². The van der Waals surface area contributed by atoms with E-state index in [0.29, 0.717) is 24.3 Å². The van der Waals surface area contributed by atoms with Crippen molar-refractivity contribution in [3.8, 4) is 0 Å². The van der Waals surface area contributed by atoms with Crippen LogP contribution >= 0.6 is 0 Å². The van der Waals surface area contributed by atoms with Gasteiger partial charge in [-0.25, -0.2) is 17.9 Å². The van der Waals surface area contributed by atoms with Gasteiger partial charge in [0, 0.05) is 12.6 Å². The van der Waals surface area contributed by atoms with Gasteiger partial charge >= 0.3 is 5.97 Å². The van der Waals surface area contributed by atoms with E-state index in [2.05, 4.69) is 10.0 Å². The third-order valence-electron chi connectivity index (χ3n) is 4.85. The van der Waals surface area contributed by atoms with E-state index in [0.717, 1.165) is 5.56 Å². The molecule has 0 spiro atoms. The van der Waals surface area contributed by atoms with Gasteiger partial charge in [-0.2, -0.15) is 0 Å². The second kappa shape index (κ2) is 12.0. The van der Waals surface area contributed by atoms with Gasteiger partial charge < -0.3 is 14.5 Å². The minimum Gasteiger partial charge on any atom is -0.468 e. The van der Waals surface area contributed by atoms with Crippen LogP contribution < -0.4 is 10.0 Å². The Hall–Kier alpha value is -3.69. The molecule has 1 heterocycles. The Balaban J connectivity index is 1.51. The number of carbonyl (C=O) groups excluding carboxylic acids is 2. The van der Waals surface area contributed by atoms with Crippen molar-refractivity contribution in [2.24, 2.45) is 0 Å². The zero-order valence-corrected chi connectivity index (χ0v) is 19.5. The molecule has 1 amide bonds. The van der Waals surface area contributed by atoms with Crippen LogP contribution in [0.2, 0.25) is 0 Å². The fourth-order valence-electron chi connectivity index (χ4n) is 2.99. The summed E-state index contributed by atoms with van der Waals surface area (Å²) in [7, 11) is -3.71. The number of esters is 1. The van der Waals surface area contributed by atoms with Gasteiger partial charge in [0.15, 0.2) is 6.10 Å². The van der Waals surface area contributed by atoms with Crippen LogP contribution in [0.4, 0.5) is 0 Å². The fraction of sp³-hybridized carbons (Fsp3) is 0.200. The smallest absolute Gasteiger partial charge is 0.331 e. The first-order valence-electron chi connectivity index (χ1n) is 10.7. The SMILES string of the molecule is CCC(OC(=O)/C=C/c1ccc(S(=O)(=O)NCc2ccco2)cc1)C(=O)NCc1ccccc1. The van der Waals surface area contributed by atoms with Crippen LogP contribution in [0.15, 0.2) is 88.4 Å². The zero-order chi connectivity index (χ0) is 24.4. The summed E-state index contributed by atoms with van der Waals surface area (Å²) in [6.07, 6.45) is 3.58. The molecule has 1 aromatic heterocycles. The lowest BCUT2D eigenvalue weighted by atomic mass is 10.2. The first-order chi connectivity index (χ1) is 16.4. The Morgan fingerprint density at radius 1 is 1.00 bits per heavy atom. The van der Waals surface area contributed by atoms with E-state index < -0.39 is 22.1 Å². The van der Waals surface area contributed by atoms with Crippen LogP contribution in [0.5, 0.6) is 0 Å². The fourth-order valence-corrected chi connectivity index (χ4v) is 3.98. The molecular formula is C25H26N2O6S. The number of rotatable bonds is 11. The lowest BCUT2D eigenvalue weighted by Gasteiger charge is -2.15. The molecule has 0 fully saturated rings. The number of sulfonamides is 1. The number of nitrogens with one attached hydrogen (secondary N) is 2.